The number of benzene rings is 1. The molecule has 6 nitrogen and oxygen atoms in total. The Balaban J connectivity index is 1.55. The van der Waals surface area contributed by atoms with Crippen LogP contribution in [0.15, 0.2) is 50.6 Å². The normalized spacial score (nSPS) is 12.4. The van der Waals surface area contributed by atoms with Crippen LogP contribution in [0, 0.1) is 6.92 Å². The molecule has 0 aliphatic rings. The van der Waals surface area contributed by atoms with Crippen molar-refractivity contribution in [3.63, 3.8) is 0 Å². The van der Waals surface area contributed by atoms with Crippen LogP contribution < -0.4 is 0 Å². The highest BCUT2D eigenvalue weighted by molar-refractivity contribution is 7.13. The van der Waals surface area contributed by atoms with Gasteiger partial charge in [-0.15, -0.1) is 21.5 Å². The lowest BCUT2D eigenvalue weighted by Crippen LogP contribution is -2.09. The van der Waals surface area contributed by atoms with Gasteiger partial charge in [0.05, 0.1) is 4.88 Å². The molecule has 0 fully saturated rings. The van der Waals surface area contributed by atoms with Crippen molar-refractivity contribution >= 4 is 28.3 Å². The van der Waals surface area contributed by atoms with Crippen molar-refractivity contribution in [3.8, 4) is 10.8 Å². The van der Waals surface area contributed by atoms with Crippen LogP contribution in [0.1, 0.15) is 35.0 Å². The maximum absolute atomic E-state index is 12.5. The minimum absolute atomic E-state index is 0.186. The van der Waals surface area contributed by atoms with Gasteiger partial charge in [-0.05, 0) is 31.4 Å². The standard InChI is InChI=1S/C18H14N2O4S/c1-10-12-6-3-4-7-13(12)23-15(10)18(21)22-11(2)16-19-20-17(24-16)14-8-5-9-25-14/h3-9,11H,1-2H3/t11-/m0/s1. The number of carbonyl (C=O) groups is 1. The van der Waals surface area contributed by atoms with Crippen molar-refractivity contribution in [2.45, 2.75) is 20.0 Å². The van der Waals surface area contributed by atoms with E-state index in [9.17, 15) is 4.79 Å². The third-order valence-electron chi connectivity index (χ3n) is 3.83. The number of aromatic nitrogens is 2. The summed E-state index contributed by atoms with van der Waals surface area (Å²) in [5.41, 5.74) is 1.40. The first kappa shape index (κ1) is 15.6. The Morgan fingerprint density at radius 2 is 2.00 bits per heavy atom. The smallest absolute Gasteiger partial charge is 0.375 e. The largest absolute Gasteiger partial charge is 0.449 e. The fourth-order valence-corrected chi connectivity index (χ4v) is 3.18. The van der Waals surface area contributed by atoms with Crippen molar-refractivity contribution < 1.29 is 18.4 Å². The van der Waals surface area contributed by atoms with Gasteiger partial charge in [-0.2, -0.15) is 0 Å². The van der Waals surface area contributed by atoms with Gasteiger partial charge in [-0.1, -0.05) is 24.3 Å². The number of nitrogens with zero attached hydrogens (tertiary/aromatic N) is 2. The summed E-state index contributed by atoms with van der Waals surface area (Å²) >= 11 is 1.50. The molecule has 0 aliphatic heterocycles. The second kappa shape index (κ2) is 6.18. The van der Waals surface area contributed by atoms with Crippen LogP contribution in [0.5, 0.6) is 0 Å². The van der Waals surface area contributed by atoms with Gasteiger partial charge in [0.25, 0.3) is 11.8 Å². The average Bonchev–Trinajstić information content (AvgIpc) is 3.34. The van der Waals surface area contributed by atoms with Crippen molar-refractivity contribution in [3.05, 3.63) is 59.0 Å². The quantitative estimate of drug-likeness (QED) is 0.491. The molecule has 25 heavy (non-hydrogen) atoms. The molecule has 4 rings (SSSR count). The molecule has 0 N–H and O–H groups in total. The number of hydrogen-bond acceptors (Lipinski definition) is 7. The predicted octanol–water partition coefficient (Wildman–Crippen LogP) is 4.77. The number of carbonyl (C=O) groups excluding carboxylic acids is 1. The molecule has 0 radical (unpaired) electrons. The SMILES string of the molecule is Cc1c(C(=O)O[C@@H](C)c2nnc(-c3cccs3)o2)oc2ccccc12. The molecule has 4 aromatic rings. The molecule has 0 bridgehead atoms. The summed E-state index contributed by atoms with van der Waals surface area (Å²) in [4.78, 5) is 13.3. The Morgan fingerprint density at radius 1 is 1.16 bits per heavy atom. The summed E-state index contributed by atoms with van der Waals surface area (Å²) in [5.74, 6) is 0.279. The first-order chi connectivity index (χ1) is 12.1. The zero-order chi connectivity index (χ0) is 17.4. The molecule has 0 amide bonds. The zero-order valence-electron chi connectivity index (χ0n) is 13.6. The lowest BCUT2D eigenvalue weighted by atomic mass is 10.1. The number of para-hydroxylation sites is 1. The first-order valence-electron chi connectivity index (χ1n) is 7.70. The van der Waals surface area contributed by atoms with Gasteiger partial charge in [-0.25, -0.2) is 4.79 Å². The number of aryl methyl sites for hydroxylation is 1. The number of hydrogen-bond donors (Lipinski definition) is 0. The summed E-state index contributed by atoms with van der Waals surface area (Å²) in [6.45, 7) is 3.51. The van der Waals surface area contributed by atoms with E-state index in [2.05, 4.69) is 10.2 Å². The predicted molar refractivity (Wildman–Crippen MR) is 92.4 cm³/mol. The minimum Gasteiger partial charge on any atom is -0.449 e. The molecule has 0 saturated heterocycles. The van der Waals surface area contributed by atoms with Crippen molar-refractivity contribution in [1.29, 1.82) is 0 Å². The number of thiophene rings is 1. The molecule has 126 valence electrons. The van der Waals surface area contributed by atoms with Gasteiger partial charge >= 0.3 is 5.97 Å². The Morgan fingerprint density at radius 3 is 2.76 bits per heavy atom. The highest BCUT2D eigenvalue weighted by Gasteiger charge is 2.24. The molecule has 0 saturated carbocycles. The van der Waals surface area contributed by atoms with Crippen molar-refractivity contribution in [1.82, 2.24) is 10.2 Å². The van der Waals surface area contributed by atoms with Crippen molar-refractivity contribution in [2.75, 3.05) is 0 Å². The van der Waals surface area contributed by atoms with Gasteiger partial charge in [0.2, 0.25) is 5.76 Å². The number of ether oxygens (including phenoxy) is 1. The maximum Gasteiger partial charge on any atom is 0.375 e. The van der Waals surface area contributed by atoms with Crippen LogP contribution in [-0.2, 0) is 4.74 Å². The van der Waals surface area contributed by atoms with E-state index < -0.39 is 12.1 Å². The maximum atomic E-state index is 12.5. The zero-order valence-corrected chi connectivity index (χ0v) is 14.4. The topological polar surface area (TPSA) is 78.4 Å². The van der Waals surface area contributed by atoms with Crippen LogP contribution >= 0.6 is 11.3 Å². The van der Waals surface area contributed by atoms with E-state index in [1.807, 2.05) is 48.7 Å². The van der Waals surface area contributed by atoms with E-state index in [0.717, 1.165) is 15.8 Å². The number of furan rings is 1. The molecule has 0 spiro atoms. The monoisotopic (exact) mass is 354 g/mol. The van der Waals surface area contributed by atoms with E-state index in [0.29, 0.717) is 11.5 Å². The molecule has 1 aromatic carbocycles. The lowest BCUT2D eigenvalue weighted by Gasteiger charge is -2.08. The third-order valence-corrected chi connectivity index (χ3v) is 4.69. The molecule has 0 unspecified atom stereocenters. The van der Waals surface area contributed by atoms with Crippen LogP contribution in [0.3, 0.4) is 0 Å². The molecule has 3 aromatic heterocycles. The van der Waals surface area contributed by atoms with Gasteiger partial charge in [0.1, 0.15) is 5.58 Å². The summed E-state index contributed by atoms with van der Waals surface area (Å²) < 4.78 is 16.7. The molecule has 3 heterocycles. The summed E-state index contributed by atoms with van der Waals surface area (Å²) in [6.07, 6.45) is -0.679. The van der Waals surface area contributed by atoms with E-state index in [4.69, 9.17) is 13.6 Å². The molecule has 1 atom stereocenters. The Bertz CT molecular complexity index is 1030. The summed E-state index contributed by atoms with van der Waals surface area (Å²) in [7, 11) is 0. The highest BCUT2D eigenvalue weighted by Crippen LogP contribution is 2.29. The number of rotatable bonds is 4. The van der Waals surface area contributed by atoms with E-state index in [1.165, 1.54) is 11.3 Å². The molecule has 0 aliphatic carbocycles. The fraction of sp³-hybridized carbons (Fsp3) is 0.167. The first-order valence-corrected chi connectivity index (χ1v) is 8.58. The van der Waals surface area contributed by atoms with Gasteiger partial charge in [-0.3, -0.25) is 0 Å². The van der Waals surface area contributed by atoms with Crippen LogP contribution in [0.25, 0.3) is 21.7 Å². The Kier molecular flexibility index (Phi) is 3.85. The number of esters is 1. The van der Waals surface area contributed by atoms with Crippen LogP contribution in [-0.4, -0.2) is 16.2 Å². The van der Waals surface area contributed by atoms with Gasteiger partial charge in [0, 0.05) is 10.9 Å². The van der Waals surface area contributed by atoms with E-state index >= 15 is 0 Å². The summed E-state index contributed by atoms with van der Waals surface area (Å²) in [6, 6.07) is 11.3. The van der Waals surface area contributed by atoms with Crippen LogP contribution in [0.2, 0.25) is 0 Å². The molecular formula is C18H14N2O4S. The lowest BCUT2D eigenvalue weighted by molar-refractivity contribution is 0.0245. The second-order valence-electron chi connectivity index (χ2n) is 5.52. The van der Waals surface area contributed by atoms with Gasteiger partial charge in [0.15, 0.2) is 6.10 Å². The third kappa shape index (κ3) is 2.83. The highest BCUT2D eigenvalue weighted by atomic mass is 32.1. The Hall–Kier alpha value is -2.93. The van der Waals surface area contributed by atoms with E-state index in [-0.39, 0.29) is 11.7 Å². The van der Waals surface area contributed by atoms with Crippen LogP contribution in [0.4, 0.5) is 0 Å². The van der Waals surface area contributed by atoms with E-state index in [1.54, 1.807) is 6.92 Å². The molecular weight excluding hydrogens is 340 g/mol. The summed E-state index contributed by atoms with van der Waals surface area (Å²) in [5, 5.41) is 10.8. The fourth-order valence-electron chi connectivity index (χ4n) is 2.53. The van der Waals surface area contributed by atoms with Gasteiger partial charge < -0.3 is 13.6 Å². The second-order valence-corrected chi connectivity index (χ2v) is 6.47. The van der Waals surface area contributed by atoms with Crippen molar-refractivity contribution in [2.24, 2.45) is 0 Å². The average molecular weight is 354 g/mol. The molecule has 7 heteroatoms. The Labute approximate surface area is 147 Å². The number of fused-ring (bicyclic) bond motifs is 1. The minimum atomic E-state index is -0.679.